The zero-order valence-electron chi connectivity index (χ0n) is 17.0. The molecule has 0 bridgehead atoms. The van der Waals surface area contributed by atoms with E-state index in [1.165, 1.54) is 16.8 Å². The maximum absolute atomic E-state index is 12.7. The number of nitrogens with zero attached hydrogens (tertiary/aromatic N) is 2. The number of carbonyl (C=O) groups is 2. The summed E-state index contributed by atoms with van der Waals surface area (Å²) in [7, 11) is 3.17. The maximum Gasteiger partial charge on any atom is 0.316 e. The summed E-state index contributed by atoms with van der Waals surface area (Å²) in [5.74, 6) is 1.23. The van der Waals surface area contributed by atoms with Crippen molar-refractivity contribution in [2.75, 3.05) is 19.5 Å². The maximum atomic E-state index is 12.7. The fourth-order valence-corrected chi connectivity index (χ4v) is 4.08. The molecule has 3 amide bonds. The monoisotopic (exact) mass is 428 g/mol. The Hall–Kier alpha value is -3.20. The van der Waals surface area contributed by atoms with Gasteiger partial charge >= 0.3 is 11.3 Å². The van der Waals surface area contributed by atoms with Crippen LogP contribution in [0, 0.1) is 0 Å². The number of carbonyl (C=O) groups excluding carboxylic acids is 2. The van der Waals surface area contributed by atoms with Crippen molar-refractivity contribution in [3.63, 3.8) is 0 Å². The molecule has 1 unspecified atom stereocenters. The second-order valence-electron chi connectivity index (χ2n) is 6.58. The Labute approximate surface area is 179 Å². The van der Waals surface area contributed by atoms with Crippen molar-refractivity contribution in [3.8, 4) is 11.5 Å². The molecule has 9 heteroatoms. The quantitative estimate of drug-likeness (QED) is 0.692. The molecule has 30 heavy (non-hydrogen) atoms. The molecule has 0 saturated carbocycles. The smallest absolute Gasteiger partial charge is 0.316 e. The average Bonchev–Trinajstić information content (AvgIpc) is 2.74. The van der Waals surface area contributed by atoms with Crippen molar-refractivity contribution >= 4 is 34.4 Å². The van der Waals surface area contributed by atoms with E-state index in [4.69, 9.17) is 15.2 Å². The van der Waals surface area contributed by atoms with Crippen LogP contribution < -0.4 is 20.5 Å². The standard InChI is InChI=1S/C21H24N4O4S/c1-4-18-19(14-8-9-16(28-2)17(11-14)29-3)24-25(21(27)30-18)12-13-6-5-7-15(10-13)23-20(22)26/h5-11,18H,4,12H2,1-3H3,(H3,22,23,26). The van der Waals surface area contributed by atoms with Crippen LogP contribution in [0.2, 0.25) is 0 Å². The Bertz CT molecular complexity index is 979. The van der Waals surface area contributed by atoms with Gasteiger partial charge in [-0.2, -0.15) is 5.10 Å². The minimum atomic E-state index is -0.642. The van der Waals surface area contributed by atoms with E-state index in [1.807, 2.05) is 31.2 Å². The molecule has 3 rings (SSSR count). The molecule has 0 aliphatic carbocycles. The first-order valence-electron chi connectivity index (χ1n) is 9.39. The van der Waals surface area contributed by atoms with E-state index in [0.29, 0.717) is 17.2 Å². The Morgan fingerprint density at radius 2 is 1.97 bits per heavy atom. The highest BCUT2D eigenvalue weighted by Gasteiger charge is 2.30. The van der Waals surface area contributed by atoms with Gasteiger partial charge in [0.1, 0.15) is 0 Å². The van der Waals surface area contributed by atoms with Crippen LogP contribution in [0.4, 0.5) is 15.3 Å². The summed E-state index contributed by atoms with van der Waals surface area (Å²) in [6.45, 7) is 2.29. The van der Waals surface area contributed by atoms with Gasteiger partial charge in [0.15, 0.2) is 11.5 Å². The minimum absolute atomic E-state index is 0.0605. The lowest BCUT2D eigenvalue weighted by molar-refractivity contribution is 0.222. The number of hydrogen-bond donors (Lipinski definition) is 2. The van der Waals surface area contributed by atoms with Gasteiger partial charge in [-0.05, 0) is 42.3 Å². The SMILES string of the molecule is CCC1SC(=O)N(Cc2cccc(NC(N)=O)c2)N=C1c1ccc(OC)c(OC)c1. The zero-order valence-corrected chi connectivity index (χ0v) is 17.9. The summed E-state index contributed by atoms with van der Waals surface area (Å²) < 4.78 is 10.7. The predicted molar refractivity (Wildman–Crippen MR) is 118 cm³/mol. The molecule has 158 valence electrons. The van der Waals surface area contributed by atoms with Gasteiger partial charge in [0.2, 0.25) is 0 Å². The molecule has 3 N–H and O–H groups in total. The van der Waals surface area contributed by atoms with E-state index < -0.39 is 6.03 Å². The van der Waals surface area contributed by atoms with Crippen LogP contribution in [-0.4, -0.2) is 41.5 Å². The van der Waals surface area contributed by atoms with Gasteiger partial charge in [0.05, 0.1) is 31.7 Å². The molecule has 0 radical (unpaired) electrons. The highest BCUT2D eigenvalue weighted by molar-refractivity contribution is 8.14. The lowest BCUT2D eigenvalue weighted by Gasteiger charge is -2.28. The predicted octanol–water partition coefficient (Wildman–Crippen LogP) is 4.05. The van der Waals surface area contributed by atoms with Crippen LogP contribution in [-0.2, 0) is 6.54 Å². The number of amides is 3. The van der Waals surface area contributed by atoms with Gasteiger partial charge < -0.3 is 20.5 Å². The molecule has 1 aliphatic heterocycles. The second-order valence-corrected chi connectivity index (χ2v) is 7.74. The van der Waals surface area contributed by atoms with Crippen molar-refractivity contribution in [3.05, 3.63) is 53.6 Å². The largest absolute Gasteiger partial charge is 0.493 e. The average molecular weight is 429 g/mol. The highest BCUT2D eigenvalue weighted by atomic mass is 32.2. The number of nitrogens with one attached hydrogen (secondary N) is 1. The number of anilines is 1. The van der Waals surface area contributed by atoms with Crippen molar-refractivity contribution in [2.24, 2.45) is 10.8 Å². The summed E-state index contributed by atoms with van der Waals surface area (Å²) >= 11 is 1.25. The molecule has 2 aromatic rings. The zero-order chi connectivity index (χ0) is 21.7. The minimum Gasteiger partial charge on any atom is -0.493 e. The lowest BCUT2D eigenvalue weighted by atomic mass is 10.0. The fourth-order valence-electron chi connectivity index (χ4n) is 3.15. The first-order chi connectivity index (χ1) is 14.4. The number of urea groups is 1. The number of thioether (sulfide) groups is 1. The highest BCUT2D eigenvalue weighted by Crippen LogP contribution is 2.33. The Morgan fingerprint density at radius 1 is 1.20 bits per heavy atom. The van der Waals surface area contributed by atoms with E-state index in [9.17, 15) is 9.59 Å². The van der Waals surface area contributed by atoms with E-state index in [1.54, 1.807) is 32.4 Å². The number of benzene rings is 2. The Balaban J connectivity index is 1.92. The fraction of sp³-hybridized carbons (Fsp3) is 0.286. The first kappa shape index (κ1) is 21.5. The third kappa shape index (κ3) is 4.85. The summed E-state index contributed by atoms with van der Waals surface area (Å²) in [5, 5.41) is 8.46. The van der Waals surface area contributed by atoms with Gasteiger partial charge in [0.25, 0.3) is 0 Å². The van der Waals surface area contributed by atoms with Crippen LogP contribution in [0.15, 0.2) is 47.6 Å². The lowest BCUT2D eigenvalue weighted by Crippen LogP contribution is -2.34. The van der Waals surface area contributed by atoms with Gasteiger partial charge in [-0.1, -0.05) is 30.8 Å². The van der Waals surface area contributed by atoms with E-state index in [2.05, 4.69) is 10.4 Å². The number of hydrogen-bond acceptors (Lipinski definition) is 6. The van der Waals surface area contributed by atoms with Crippen molar-refractivity contribution in [1.82, 2.24) is 5.01 Å². The molecule has 8 nitrogen and oxygen atoms in total. The van der Waals surface area contributed by atoms with Crippen molar-refractivity contribution < 1.29 is 19.1 Å². The van der Waals surface area contributed by atoms with Gasteiger partial charge in [-0.25, -0.2) is 9.80 Å². The van der Waals surface area contributed by atoms with Crippen LogP contribution >= 0.6 is 11.8 Å². The van der Waals surface area contributed by atoms with Crippen LogP contribution in [0.25, 0.3) is 0 Å². The number of ether oxygens (including phenoxy) is 2. The molecule has 1 aliphatic rings. The number of primary amides is 1. The van der Waals surface area contributed by atoms with Crippen molar-refractivity contribution in [1.29, 1.82) is 0 Å². The number of nitrogens with two attached hydrogens (primary N) is 1. The first-order valence-corrected chi connectivity index (χ1v) is 10.3. The number of hydrazone groups is 1. The molecule has 1 heterocycles. The third-order valence-corrected chi connectivity index (χ3v) is 5.82. The molecule has 0 fully saturated rings. The van der Waals surface area contributed by atoms with Crippen LogP contribution in [0.1, 0.15) is 24.5 Å². The normalized spacial score (nSPS) is 16.1. The van der Waals surface area contributed by atoms with Crippen LogP contribution in [0.3, 0.4) is 0 Å². The van der Waals surface area contributed by atoms with Crippen molar-refractivity contribution in [2.45, 2.75) is 25.1 Å². The number of methoxy groups -OCH3 is 2. The summed E-state index contributed by atoms with van der Waals surface area (Å²) in [6, 6.07) is 12.1. The molecule has 0 spiro atoms. The van der Waals surface area contributed by atoms with Gasteiger partial charge in [-0.15, -0.1) is 0 Å². The summed E-state index contributed by atoms with van der Waals surface area (Å²) in [6.07, 6.45) is 0.759. The molecule has 0 aromatic heterocycles. The third-order valence-electron chi connectivity index (χ3n) is 4.56. The molecule has 2 aromatic carbocycles. The van der Waals surface area contributed by atoms with Gasteiger partial charge in [-0.3, -0.25) is 4.79 Å². The van der Waals surface area contributed by atoms with Gasteiger partial charge in [0, 0.05) is 11.3 Å². The summed E-state index contributed by atoms with van der Waals surface area (Å²) in [4.78, 5) is 23.8. The molecular formula is C21H24N4O4S. The van der Waals surface area contributed by atoms with E-state index in [0.717, 1.165) is 23.3 Å². The molecular weight excluding hydrogens is 404 g/mol. The summed E-state index contributed by atoms with van der Waals surface area (Å²) in [5.41, 5.74) is 8.23. The number of rotatable bonds is 7. The van der Waals surface area contributed by atoms with Crippen LogP contribution in [0.5, 0.6) is 11.5 Å². The molecule has 1 atom stereocenters. The topological polar surface area (TPSA) is 106 Å². The molecule has 0 saturated heterocycles. The van der Waals surface area contributed by atoms with E-state index >= 15 is 0 Å². The Kier molecular flexibility index (Phi) is 6.83. The Morgan fingerprint density at radius 3 is 2.63 bits per heavy atom. The second kappa shape index (κ2) is 9.53. The van der Waals surface area contributed by atoms with E-state index in [-0.39, 0.29) is 17.0 Å².